The highest BCUT2D eigenvalue weighted by atomic mass is 32.2. The van der Waals surface area contributed by atoms with Gasteiger partial charge in [-0.15, -0.1) is 10.2 Å². The highest BCUT2D eigenvalue weighted by Crippen LogP contribution is 2.30. The van der Waals surface area contributed by atoms with E-state index in [4.69, 9.17) is 0 Å². The van der Waals surface area contributed by atoms with Crippen molar-refractivity contribution in [1.82, 2.24) is 29.7 Å². The topological polar surface area (TPSA) is 109 Å². The first-order valence-electron chi connectivity index (χ1n) is 10.9. The molecule has 5 aromatic rings. The van der Waals surface area contributed by atoms with Crippen molar-refractivity contribution >= 4 is 32.5 Å². The number of H-pyrrole nitrogens is 2. The zero-order chi connectivity index (χ0) is 23.5. The van der Waals surface area contributed by atoms with Gasteiger partial charge in [-0.25, -0.2) is 13.4 Å². The second-order valence-corrected chi connectivity index (χ2v) is 11.2. The Morgan fingerprint density at radius 2 is 1.94 bits per heavy atom. The summed E-state index contributed by atoms with van der Waals surface area (Å²) in [6, 6.07) is 15.1. The van der Waals surface area contributed by atoms with E-state index in [9.17, 15) is 8.42 Å². The fourth-order valence-corrected chi connectivity index (χ4v) is 5.59. The molecule has 0 bridgehead atoms. The molecule has 0 aliphatic heterocycles. The first kappa shape index (κ1) is 22.4. The number of hydrogen-bond acceptors (Lipinski definition) is 6. The van der Waals surface area contributed by atoms with Crippen LogP contribution in [0, 0.1) is 0 Å². The van der Waals surface area contributed by atoms with E-state index in [0.717, 1.165) is 52.0 Å². The number of sulfone groups is 1. The van der Waals surface area contributed by atoms with Crippen molar-refractivity contribution in [2.75, 3.05) is 6.26 Å². The highest BCUT2D eigenvalue weighted by Gasteiger charge is 2.17. The van der Waals surface area contributed by atoms with Crippen LogP contribution in [0.3, 0.4) is 0 Å². The van der Waals surface area contributed by atoms with Gasteiger partial charge in [-0.3, -0.25) is 0 Å². The van der Waals surface area contributed by atoms with E-state index in [-0.39, 0.29) is 0 Å². The number of fused-ring (bicyclic) bond motifs is 1. The normalized spacial score (nSPS) is 11.9. The molecule has 0 spiro atoms. The third-order valence-electron chi connectivity index (χ3n) is 5.64. The fraction of sp³-hybridized carbons (Fsp3) is 0.208. The zero-order valence-electron chi connectivity index (χ0n) is 18.6. The number of nitrogens with one attached hydrogen (secondary N) is 2. The molecule has 0 aliphatic rings. The van der Waals surface area contributed by atoms with E-state index >= 15 is 0 Å². The number of aromatic nitrogens is 6. The van der Waals surface area contributed by atoms with Gasteiger partial charge in [0.05, 0.1) is 11.2 Å². The molecule has 2 aromatic carbocycles. The summed E-state index contributed by atoms with van der Waals surface area (Å²) in [6.45, 7) is 0.734. The summed E-state index contributed by atoms with van der Waals surface area (Å²) in [5.74, 6) is 0.871. The molecule has 3 aromatic heterocycles. The molecule has 8 nitrogen and oxygen atoms in total. The summed E-state index contributed by atoms with van der Waals surface area (Å²) in [5, 5.41) is 10.9. The maximum Gasteiger partial charge on any atom is 0.196 e. The van der Waals surface area contributed by atoms with Crippen molar-refractivity contribution in [3.05, 3.63) is 84.3 Å². The van der Waals surface area contributed by atoms with Gasteiger partial charge in [0.1, 0.15) is 5.82 Å². The Balaban J connectivity index is 1.44. The van der Waals surface area contributed by atoms with Gasteiger partial charge < -0.3 is 14.5 Å². The molecule has 0 radical (unpaired) electrons. The summed E-state index contributed by atoms with van der Waals surface area (Å²) < 4.78 is 26.1. The van der Waals surface area contributed by atoms with E-state index in [2.05, 4.69) is 41.8 Å². The van der Waals surface area contributed by atoms with Crippen molar-refractivity contribution in [2.24, 2.45) is 0 Å². The van der Waals surface area contributed by atoms with Crippen LogP contribution in [-0.2, 0) is 29.2 Å². The van der Waals surface area contributed by atoms with Crippen LogP contribution < -0.4 is 0 Å². The van der Waals surface area contributed by atoms with Gasteiger partial charge >= 0.3 is 0 Å². The molecule has 0 aliphatic carbocycles. The van der Waals surface area contributed by atoms with E-state index in [0.29, 0.717) is 11.3 Å². The number of aromatic amines is 2. The van der Waals surface area contributed by atoms with Crippen molar-refractivity contribution in [2.45, 2.75) is 40.8 Å². The molecule has 34 heavy (non-hydrogen) atoms. The second kappa shape index (κ2) is 9.47. The minimum Gasteiger partial charge on any atom is -0.361 e. The summed E-state index contributed by atoms with van der Waals surface area (Å²) >= 11 is 1.43. The Hall–Kier alpha value is -3.37. The number of para-hydroxylation sites is 1. The Kier molecular flexibility index (Phi) is 6.25. The molecule has 0 saturated heterocycles. The molecule has 0 atom stereocenters. The monoisotopic (exact) mass is 492 g/mol. The van der Waals surface area contributed by atoms with Gasteiger partial charge in [0.15, 0.2) is 15.0 Å². The summed E-state index contributed by atoms with van der Waals surface area (Å²) in [4.78, 5) is 11.7. The molecular weight excluding hydrogens is 468 g/mol. The average molecular weight is 493 g/mol. The SMILES string of the molecule is CS(=O)(=O)c1cccc(Sc2nnc(Cc3c[nH]c4ccccc34)n2CCCc2cnc[nH]2)c1. The minimum absolute atomic E-state index is 0.293. The quantitative estimate of drug-likeness (QED) is 0.318. The van der Waals surface area contributed by atoms with Crippen LogP contribution in [0.4, 0.5) is 0 Å². The molecule has 3 heterocycles. The standard InChI is InChI=1S/C24H24N6O2S2/c1-34(31,32)20-8-4-7-19(13-20)33-24-29-28-23(30(24)11-5-6-18-15-25-16-27-18)12-17-14-26-22-10-3-2-9-21(17)22/h2-4,7-10,13-16,26H,5-6,11-12H2,1H3,(H,25,27). The Bertz CT molecular complexity index is 1520. The molecule has 0 saturated carbocycles. The maximum absolute atomic E-state index is 12.0. The molecule has 10 heteroatoms. The van der Waals surface area contributed by atoms with E-state index in [1.54, 1.807) is 24.5 Å². The van der Waals surface area contributed by atoms with Crippen LogP contribution in [-0.4, -0.2) is 44.4 Å². The van der Waals surface area contributed by atoms with E-state index in [1.807, 2.05) is 30.6 Å². The maximum atomic E-state index is 12.0. The Labute approximate surface area is 201 Å². The lowest BCUT2D eigenvalue weighted by Crippen LogP contribution is -2.07. The third-order valence-corrected chi connectivity index (χ3v) is 7.73. The summed E-state index contributed by atoms with van der Waals surface area (Å²) in [7, 11) is -3.29. The Morgan fingerprint density at radius 3 is 2.76 bits per heavy atom. The van der Waals surface area contributed by atoms with Gasteiger partial charge in [-0.05, 0) is 54.4 Å². The van der Waals surface area contributed by atoms with Crippen LogP contribution in [0.5, 0.6) is 0 Å². The van der Waals surface area contributed by atoms with Crippen LogP contribution >= 0.6 is 11.8 Å². The molecule has 0 amide bonds. The molecule has 0 unspecified atom stereocenters. The fourth-order valence-electron chi connectivity index (χ4n) is 3.92. The largest absolute Gasteiger partial charge is 0.361 e. The Morgan fingerprint density at radius 1 is 1.06 bits per heavy atom. The minimum atomic E-state index is -3.29. The van der Waals surface area contributed by atoms with E-state index < -0.39 is 9.84 Å². The van der Waals surface area contributed by atoms with E-state index in [1.165, 1.54) is 23.4 Å². The molecule has 174 valence electrons. The van der Waals surface area contributed by atoms with Crippen LogP contribution in [0.2, 0.25) is 0 Å². The van der Waals surface area contributed by atoms with Crippen LogP contribution in [0.1, 0.15) is 23.5 Å². The lowest BCUT2D eigenvalue weighted by atomic mass is 10.1. The van der Waals surface area contributed by atoms with Gasteiger partial charge in [-0.2, -0.15) is 0 Å². The predicted molar refractivity (Wildman–Crippen MR) is 132 cm³/mol. The third kappa shape index (κ3) is 4.92. The second-order valence-electron chi connectivity index (χ2n) is 8.12. The lowest BCUT2D eigenvalue weighted by Gasteiger charge is -2.10. The smallest absolute Gasteiger partial charge is 0.196 e. The van der Waals surface area contributed by atoms with Crippen LogP contribution in [0.15, 0.2) is 82.2 Å². The van der Waals surface area contributed by atoms with Crippen LogP contribution in [0.25, 0.3) is 10.9 Å². The first-order valence-corrected chi connectivity index (χ1v) is 13.6. The molecule has 2 N–H and O–H groups in total. The highest BCUT2D eigenvalue weighted by molar-refractivity contribution is 7.99. The molecular formula is C24H24N6O2S2. The summed E-state index contributed by atoms with van der Waals surface area (Å²) in [5.41, 5.74) is 3.34. The van der Waals surface area contributed by atoms with Crippen molar-refractivity contribution in [3.63, 3.8) is 0 Å². The van der Waals surface area contributed by atoms with Crippen molar-refractivity contribution in [1.29, 1.82) is 0 Å². The molecule has 0 fully saturated rings. The van der Waals surface area contributed by atoms with Gasteiger partial charge in [0, 0.05) is 53.1 Å². The average Bonchev–Trinajstić information content (AvgIpc) is 3.56. The molecule has 5 rings (SSSR count). The number of imidazole rings is 1. The van der Waals surface area contributed by atoms with Gasteiger partial charge in [0.2, 0.25) is 0 Å². The van der Waals surface area contributed by atoms with Crippen molar-refractivity contribution in [3.8, 4) is 0 Å². The zero-order valence-corrected chi connectivity index (χ0v) is 20.2. The van der Waals surface area contributed by atoms with Crippen molar-refractivity contribution < 1.29 is 8.42 Å². The van der Waals surface area contributed by atoms with Gasteiger partial charge in [-0.1, -0.05) is 24.3 Å². The number of nitrogens with zero attached hydrogens (tertiary/aromatic N) is 4. The number of hydrogen-bond donors (Lipinski definition) is 2. The number of benzene rings is 2. The predicted octanol–water partition coefficient (Wildman–Crippen LogP) is 4.26. The van der Waals surface area contributed by atoms with Gasteiger partial charge in [0.25, 0.3) is 0 Å². The lowest BCUT2D eigenvalue weighted by molar-refractivity contribution is 0.573. The number of aryl methyl sites for hydroxylation is 1. The first-order chi connectivity index (χ1) is 16.5. The number of rotatable bonds is 9. The summed E-state index contributed by atoms with van der Waals surface area (Å²) in [6.07, 6.45) is 9.16.